The van der Waals surface area contributed by atoms with E-state index in [1.54, 1.807) is 0 Å². The number of ether oxygens (including phenoxy) is 1. The van der Waals surface area contributed by atoms with Crippen LogP contribution in [0.3, 0.4) is 0 Å². The molecule has 0 aromatic heterocycles. The molecule has 1 aliphatic carbocycles. The Morgan fingerprint density at radius 2 is 1.92 bits per heavy atom. The summed E-state index contributed by atoms with van der Waals surface area (Å²) in [7, 11) is 0. The third kappa shape index (κ3) is 3.53. The minimum absolute atomic E-state index is 0.0520. The number of halogens is 1. The molecule has 1 aromatic rings. The van der Waals surface area contributed by atoms with E-state index in [-0.39, 0.29) is 35.1 Å². The van der Waals surface area contributed by atoms with Gasteiger partial charge < -0.3 is 20.3 Å². The van der Waals surface area contributed by atoms with E-state index >= 15 is 0 Å². The van der Waals surface area contributed by atoms with Crippen molar-refractivity contribution in [3.8, 4) is 0 Å². The number of amides is 3. The van der Waals surface area contributed by atoms with Gasteiger partial charge in [0.2, 0.25) is 5.91 Å². The van der Waals surface area contributed by atoms with Crippen LogP contribution in [0.25, 0.3) is 0 Å². The van der Waals surface area contributed by atoms with Gasteiger partial charge in [-0.3, -0.25) is 4.79 Å². The van der Waals surface area contributed by atoms with E-state index in [1.165, 1.54) is 24.3 Å². The number of likely N-dealkylation sites (tertiary alicyclic amines) is 1. The van der Waals surface area contributed by atoms with Crippen molar-refractivity contribution in [3.05, 3.63) is 30.1 Å². The van der Waals surface area contributed by atoms with Crippen LogP contribution in [0.15, 0.2) is 24.3 Å². The third-order valence-electron chi connectivity index (χ3n) is 5.91. The van der Waals surface area contributed by atoms with Crippen molar-refractivity contribution < 1.29 is 18.7 Å². The molecule has 0 bridgehead atoms. The molecule has 2 atom stereocenters. The van der Waals surface area contributed by atoms with Crippen LogP contribution in [0.2, 0.25) is 0 Å². The first-order valence-electron chi connectivity index (χ1n) is 9.25. The van der Waals surface area contributed by atoms with Crippen LogP contribution in [0, 0.1) is 17.2 Å². The maximum atomic E-state index is 12.9. The fourth-order valence-electron chi connectivity index (χ4n) is 4.21. The van der Waals surface area contributed by atoms with Gasteiger partial charge in [-0.25, -0.2) is 9.18 Å². The molecular formula is C19H24FN3O3. The number of urea groups is 1. The summed E-state index contributed by atoms with van der Waals surface area (Å²) in [5.41, 5.74) is 0.718. The van der Waals surface area contributed by atoms with Crippen molar-refractivity contribution in [2.24, 2.45) is 11.3 Å². The van der Waals surface area contributed by atoms with E-state index in [2.05, 4.69) is 10.6 Å². The highest BCUT2D eigenvalue weighted by Gasteiger charge is 2.59. The molecule has 1 saturated carbocycles. The predicted molar refractivity (Wildman–Crippen MR) is 94.1 cm³/mol. The van der Waals surface area contributed by atoms with Crippen molar-refractivity contribution in [2.45, 2.75) is 31.7 Å². The molecular weight excluding hydrogens is 337 g/mol. The fourth-order valence-corrected chi connectivity index (χ4v) is 4.21. The number of benzene rings is 1. The molecule has 7 heteroatoms. The summed E-state index contributed by atoms with van der Waals surface area (Å²) in [5.74, 6) is 0.0246. The van der Waals surface area contributed by atoms with E-state index in [4.69, 9.17) is 4.74 Å². The highest BCUT2D eigenvalue weighted by atomic mass is 19.1. The van der Waals surface area contributed by atoms with E-state index < -0.39 is 0 Å². The Morgan fingerprint density at radius 1 is 1.19 bits per heavy atom. The highest BCUT2D eigenvalue weighted by Crippen LogP contribution is 2.59. The summed E-state index contributed by atoms with van der Waals surface area (Å²) in [6.07, 6.45) is 3.71. The molecule has 140 valence electrons. The van der Waals surface area contributed by atoms with Crippen LogP contribution in [0.4, 0.5) is 14.9 Å². The molecule has 3 amide bonds. The van der Waals surface area contributed by atoms with Gasteiger partial charge in [-0.15, -0.1) is 0 Å². The lowest BCUT2D eigenvalue weighted by Gasteiger charge is -2.24. The lowest BCUT2D eigenvalue weighted by molar-refractivity contribution is -0.133. The Balaban J connectivity index is 1.25. The maximum Gasteiger partial charge on any atom is 0.319 e. The summed E-state index contributed by atoms with van der Waals surface area (Å²) in [5, 5.41) is 5.59. The van der Waals surface area contributed by atoms with Crippen LogP contribution in [-0.4, -0.2) is 49.2 Å². The quantitative estimate of drug-likeness (QED) is 0.868. The van der Waals surface area contributed by atoms with Gasteiger partial charge in [0.1, 0.15) is 5.82 Å². The van der Waals surface area contributed by atoms with Gasteiger partial charge in [-0.1, -0.05) is 0 Å². The Labute approximate surface area is 152 Å². The predicted octanol–water partition coefficient (Wildman–Crippen LogP) is 2.36. The number of nitrogens with one attached hydrogen (secondary N) is 2. The molecule has 4 rings (SSSR count). The van der Waals surface area contributed by atoms with Gasteiger partial charge in [-0.2, -0.15) is 0 Å². The number of anilines is 1. The second kappa shape index (κ2) is 6.87. The second-order valence-corrected chi connectivity index (χ2v) is 7.61. The van der Waals surface area contributed by atoms with Crippen LogP contribution < -0.4 is 10.6 Å². The van der Waals surface area contributed by atoms with Crippen molar-refractivity contribution in [1.82, 2.24) is 10.2 Å². The first kappa shape index (κ1) is 17.3. The van der Waals surface area contributed by atoms with Crippen LogP contribution in [-0.2, 0) is 9.53 Å². The van der Waals surface area contributed by atoms with Gasteiger partial charge in [0.05, 0.1) is 0 Å². The van der Waals surface area contributed by atoms with E-state index in [0.717, 1.165) is 38.9 Å². The van der Waals surface area contributed by atoms with Gasteiger partial charge in [-0.05, 0) is 55.4 Å². The lowest BCUT2D eigenvalue weighted by atomic mass is 9.93. The molecule has 2 aliphatic heterocycles. The van der Waals surface area contributed by atoms with Crippen LogP contribution in [0.1, 0.15) is 25.7 Å². The van der Waals surface area contributed by atoms with Gasteiger partial charge in [0.15, 0.2) is 0 Å². The molecule has 1 aromatic carbocycles. The summed E-state index contributed by atoms with van der Waals surface area (Å²) >= 11 is 0. The Bertz CT molecular complexity index is 688. The zero-order chi connectivity index (χ0) is 18.1. The molecule has 1 spiro atoms. The maximum absolute atomic E-state index is 12.9. The number of hydrogen-bond acceptors (Lipinski definition) is 3. The van der Waals surface area contributed by atoms with Gasteiger partial charge in [0.25, 0.3) is 0 Å². The number of rotatable bonds is 3. The number of carbonyl (C=O) groups is 2. The topological polar surface area (TPSA) is 70.7 Å². The van der Waals surface area contributed by atoms with E-state index in [1.807, 2.05) is 4.90 Å². The summed E-state index contributed by atoms with van der Waals surface area (Å²) in [6, 6.07) is 5.24. The molecule has 6 nitrogen and oxygen atoms in total. The summed E-state index contributed by atoms with van der Waals surface area (Å²) in [6.45, 7) is 2.76. The Morgan fingerprint density at radius 3 is 2.65 bits per heavy atom. The van der Waals surface area contributed by atoms with Crippen molar-refractivity contribution >= 4 is 17.6 Å². The van der Waals surface area contributed by atoms with E-state index in [0.29, 0.717) is 18.8 Å². The zero-order valence-corrected chi connectivity index (χ0v) is 14.7. The normalized spacial score (nSPS) is 26.6. The molecule has 0 unspecified atom stereocenters. The molecule has 3 aliphatic rings. The zero-order valence-electron chi connectivity index (χ0n) is 14.7. The van der Waals surface area contributed by atoms with Crippen molar-refractivity contribution in [1.29, 1.82) is 0 Å². The highest BCUT2D eigenvalue weighted by molar-refractivity contribution is 5.89. The molecule has 2 N–H and O–H groups in total. The second-order valence-electron chi connectivity index (χ2n) is 7.61. The molecule has 26 heavy (non-hydrogen) atoms. The SMILES string of the molecule is O=C(Nc1ccc(F)cc1)N[C@H]1CCN(C(=O)[C@H]2CC23CCOCC3)C1. The minimum Gasteiger partial charge on any atom is -0.381 e. The standard InChI is InChI=1S/C19H24FN3O3/c20-13-1-3-14(4-2-13)21-18(25)22-15-5-8-23(12-15)17(24)16-11-19(16)6-9-26-10-7-19/h1-4,15-16H,5-12H2,(H2,21,22,25)/t15-,16+/m0/s1. The van der Waals surface area contributed by atoms with E-state index in [9.17, 15) is 14.0 Å². The molecule has 0 radical (unpaired) electrons. The van der Waals surface area contributed by atoms with Gasteiger partial charge in [0, 0.05) is 44.0 Å². The Hall–Kier alpha value is -2.15. The molecule has 2 heterocycles. The summed E-state index contributed by atoms with van der Waals surface area (Å²) < 4.78 is 18.3. The Kier molecular flexibility index (Phi) is 4.56. The first-order chi connectivity index (χ1) is 12.6. The average molecular weight is 361 g/mol. The number of carbonyl (C=O) groups excluding carboxylic acids is 2. The van der Waals surface area contributed by atoms with Crippen molar-refractivity contribution in [3.63, 3.8) is 0 Å². The fraction of sp³-hybridized carbons (Fsp3) is 0.579. The smallest absolute Gasteiger partial charge is 0.319 e. The number of nitrogens with zero attached hydrogens (tertiary/aromatic N) is 1. The molecule has 3 fully saturated rings. The van der Waals surface area contributed by atoms with Gasteiger partial charge >= 0.3 is 6.03 Å². The molecule has 2 saturated heterocycles. The van der Waals surface area contributed by atoms with Crippen LogP contribution >= 0.6 is 0 Å². The third-order valence-corrected chi connectivity index (χ3v) is 5.91. The minimum atomic E-state index is -0.344. The van der Waals surface area contributed by atoms with Crippen LogP contribution in [0.5, 0.6) is 0 Å². The number of hydrogen-bond donors (Lipinski definition) is 2. The average Bonchev–Trinajstić information content (AvgIpc) is 3.11. The monoisotopic (exact) mass is 361 g/mol. The summed E-state index contributed by atoms with van der Waals surface area (Å²) in [4.78, 5) is 26.7. The van der Waals surface area contributed by atoms with Crippen molar-refractivity contribution in [2.75, 3.05) is 31.6 Å². The first-order valence-corrected chi connectivity index (χ1v) is 9.25. The lowest BCUT2D eigenvalue weighted by Crippen LogP contribution is -2.41. The largest absolute Gasteiger partial charge is 0.381 e.